The molecule has 0 amide bonds. The van der Waals surface area contributed by atoms with Crippen LogP contribution < -0.4 is 5.73 Å². The molecule has 5 nitrogen and oxygen atoms in total. The third-order valence-corrected chi connectivity index (χ3v) is 4.01. The van der Waals surface area contributed by atoms with Crippen LogP contribution in [0.25, 0.3) is 0 Å². The highest BCUT2D eigenvalue weighted by atomic mass is 35.5. The van der Waals surface area contributed by atoms with Crippen molar-refractivity contribution in [2.45, 2.75) is 32.2 Å². The quantitative estimate of drug-likeness (QED) is 0.710. The Morgan fingerprint density at radius 1 is 1.33 bits per heavy atom. The first-order valence-electron chi connectivity index (χ1n) is 4.52. The molecule has 0 aliphatic carbocycles. The highest BCUT2D eigenvalue weighted by Crippen LogP contribution is 2.51. The molecule has 0 fully saturated rings. The fourth-order valence-corrected chi connectivity index (χ4v) is 2.36. The van der Waals surface area contributed by atoms with Gasteiger partial charge in [0.05, 0.1) is 0 Å². The maximum atomic E-state index is 11.7. The van der Waals surface area contributed by atoms with Crippen molar-refractivity contribution in [3.05, 3.63) is 0 Å². The third kappa shape index (κ3) is 5.29. The first-order valence-corrected chi connectivity index (χ1v) is 6.13. The van der Waals surface area contributed by atoms with Gasteiger partial charge >= 0.3 is 7.60 Å². The molecule has 2 unspecified atom stereocenters. The van der Waals surface area contributed by atoms with E-state index in [0.717, 1.165) is 0 Å². The molecule has 0 bridgehead atoms. The molecule has 0 saturated heterocycles. The zero-order chi connectivity index (χ0) is 11.4. The summed E-state index contributed by atoms with van der Waals surface area (Å²) in [5.74, 6) is -0.943. The number of aliphatic hydroxyl groups is 1. The smallest absolute Gasteiger partial charge is 0.359 e. The maximum absolute atomic E-state index is 11.7. The van der Waals surface area contributed by atoms with Gasteiger partial charge in [-0.25, -0.2) is 0 Å². The molecule has 94 valence electrons. The van der Waals surface area contributed by atoms with Gasteiger partial charge in [0.25, 0.3) is 0 Å². The molecule has 0 aliphatic heterocycles. The highest BCUT2D eigenvalue weighted by molar-refractivity contribution is 7.54. The van der Waals surface area contributed by atoms with E-state index in [0.29, 0.717) is 12.3 Å². The number of nitrogens with two attached hydrogens (primary N) is 1. The van der Waals surface area contributed by atoms with Gasteiger partial charge in [-0.3, -0.25) is 4.57 Å². The lowest BCUT2D eigenvalue weighted by Gasteiger charge is -2.25. The van der Waals surface area contributed by atoms with Crippen LogP contribution in [-0.2, 0) is 13.6 Å². The molecule has 0 spiro atoms. The van der Waals surface area contributed by atoms with Gasteiger partial charge in [-0.15, -0.1) is 12.4 Å². The van der Waals surface area contributed by atoms with Crippen LogP contribution in [0.1, 0.15) is 20.3 Å². The van der Waals surface area contributed by atoms with Gasteiger partial charge in [0.15, 0.2) is 5.85 Å². The summed E-state index contributed by atoms with van der Waals surface area (Å²) in [6.45, 7) is 3.94. The zero-order valence-corrected chi connectivity index (χ0v) is 11.3. The van der Waals surface area contributed by atoms with E-state index in [1.807, 2.05) is 13.8 Å². The summed E-state index contributed by atoms with van der Waals surface area (Å²) in [4.78, 5) is 0. The molecular weight excluding hydrogens is 241 g/mol. The van der Waals surface area contributed by atoms with Gasteiger partial charge < -0.3 is 19.9 Å². The van der Waals surface area contributed by atoms with Crippen LogP contribution in [0.15, 0.2) is 0 Å². The number of halogens is 1. The first-order chi connectivity index (χ1) is 6.37. The van der Waals surface area contributed by atoms with E-state index in [2.05, 4.69) is 9.05 Å². The Balaban J connectivity index is 0. The molecular formula is C8H21ClNO4P. The summed E-state index contributed by atoms with van der Waals surface area (Å²) in [5, 5.41) is 9.65. The lowest BCUT2D eigenvalue weighted by Crippen LogP contribution is -2.36. The number of rotatable bonds is 6. The summed E-state index contributed by atoms with van der Waals surface area (Å²) in [6, 6.07) is -0.597. The van der Waals surface area contributed by atoms with Crippen LogP contribution in [0, 0.1) is 5.92 Å². The molecule has 0 aliphatic rings. The van der Waals surface area contributed by atoms with Crippen molar-refractivity contribution in [2.24, 2.45) is 11.7 Å². The predicted molar refractivity (Wildman–Crippen MR) is 62.3 cm³/mol. The Hall–Kier alpha value is 0.360. The van der Waals surface area contributed by atoms with Crippen molar-refractivity contribution < 1.29 is 18.7 Å². The molecule has 0 rings (SSSR count). The van der Waals surface area contributed by atoms with Crippen LogP contribution in [-0.4, -0.2) is 31.2 Å². The Bertz CT molecular complexity index is 207. The molecule has 2 atom stereocenters. The summed E-state index contributed by atoms with van der Waals surface area (Å²) in [5.41, 5.74) is 5.67. The van der Waals surface area contributed by atoms with E-state index >= 15 is 0 Å². The van der Waals surface area contributed by atoms with Gasteiger partial charge in [0.1, 0.15) is 0 Å². The SMILES string of the molecule is COP(=O)(OC)C(O)C(N)CC(C)C.Cl. The molecule has 0 aromatic carbocycles. The molecule has 15 heavy (non-hydrogen) atoms. The number of aliphatic hydroxyl groups excluding tert-OH is 1. The molecule has 0 saturated carbocycles. The van der Waals surface area contributed by atoms with Gasteiger partial charge in [0.2, 0.25) is 0 Å². The third-order valence-electron chi connectivity index (χ3n) is 1.96. The predicted octanol–water partition coefficient (Wildman–Crippen LogP) is 1.59. The van der Waals surface area contributed by atoms with Crippen LogP contribution >= 0.6 is 20.0 Å². The van der Waals surface area contributed by atoms with E-state index in [1.165, 1.54) is 14.2 Å². The first kappa shape index (κ1) is 17.7. The van der Waals surface area contributed by atoms with E-state index in [9.17, 15) is 9.67 Å². The van der Waals surface area contributed by atoms with Crippen LogP contribution in [0.4, 0.5) is 0 Å². The standard InChI is InChI=1S/C8H20NO4P.ClH/c1-6(2)5-7(9)8(10)14(11,12-3)13-4;/h6-8,10H,5,9H2,1-4H3;1H. The summed E-state index contributed by atoms with van der Waals surface area (Å²) < 4.78 is 21.0. The Kier molecular flexibility index (Phi) is 9.00. The van der Waals surface area contributed by atoms with Gasteiger partial charge in [0, 0.05) is 20.3 Å². The molecule has 3 N–H and O–H groups in total. The van der Waals surface area contributed by atoms with Crippen molar-refractivity contribution >= 4 is 20.0 Å². The van der Waals surface area contributed by atoms with Gasteiger partial charge in [-0.1, -0.05) is 13.8 Å². The lowest BCUT2D eigenvalue weighted by atomic mass is 10.1. The normalized spacial score (nSPS) is 15.9. The second kappa shape index (κ2) is 7.60. The lowest BCUT2D eigenvalue weighted by molar-refractivity contribution is 0.147. The van der Waals surface area contributed by atoms with Crippen molar-refractivity contribution in [1.82, 2.24) is 0 Å². The fraction of sp³-hybridized carbons (Fsp3) is 1.00. The van der Waals surface area contributed by atoms with Crippen molar-refractivity contribution in [3.8, 4) is 0 Å². The zero-order valence-electron chi connectivity index (χ0n) is 9.54. The Morgan fingerprint density at radius 2 is 1.73 bits per heavy atom. The molecule has 0 radical (unpaired) electrons. The summed E-state index contributed by atoms with van der Waals surface area (Å²) in [6.07, 6.45) is 0.567. The van der Waals surface area contributed by atoms with Crippen molar-refractivity contribution in [3.63, 3.8) is 0 Å². The minimum Gasteiger partial charge on any atom is -0.379 e. The average Bonchev–Trinajstić information content (AvgIpc) is 2.14. The van der Waals surface area contributed by atoms with E-state index in [4.69, 9.17) is 5.73 Å². The molecule has 0 aromatic heterocycles. The monoisotopic (exact) mass is 261 g/mol. The number of hydrogen-bond acceptors (Lipinski definition) is 5. The van der Waals surface area contributed by atoms with E-state index in [1.54, 1.807) is 0 Å². The van der Waals surface area contributed by atoms with Gasteiger partial charge in [-0.2, -0.15) is 0 Å². The number of hydrogen-bond donors (Lipinski definition) is 2. The average molecular weight is 262 g/mol. The molecule has 0 aromatic rings. The molecule has 0 heterocycles. The second-order valence-corrected chi connectivity index (χ2v) is 5.95. The maximum Gasteiger partial charge on any atom is 0.359 e. The van der Waals surface area contributed by atoms with Crippen molar-refractivity contribution in [2.75, 3.05) is 14.2 Å². The van der Waals surface area contributed by atoms with Crippen molar-refractivity contribution in [1.29, 1.82) is 0 Å². The van der Waals surface area contributed by atoms with Crippen LogP contribution in [0.5, 0.6) is 0 Å². The van der Waals surface area contributed by atoms with Crippen LogP contribution in [0.3, 0.4) is 0 Å². The molecule has 7 heteroatoms. The van der Waals surface area contributed by atoms with Crippen LogP contribution in [0.2, 0.25) is 0 Å². The fourth-order valence-electron chi connectivity index (χ4n) is 1.19. The highest BCUT2D eigenvalue weighted by Gasteiger charge is 2.36. The topological polar surface area (TPSA) is 81.8 Å². The largest absolute Gasteiger partial charge is 0.379 e. The second-order valence-electron chi connectivity index (χ2n) is 3.61. The minimum atomic E-state index is -3.45. The Morgan fingerprint density at radius 3 is 2.00 bits per heavy atom. The summed E-state index contributed by atoms with van der Waals surface area (Å²) in [7, 11) is -0.991. The van der Waals surface area contributed by atoms with E-state index in [-0.39, 0.29) is 12.4 Å². The Labute approximate surface area is 97.3 Å². The minimum absolute atomic E-state index is 0. The summed E-state index contributed by atoms with van der Waals surface area (Å²) >= 11 is 0. The van der Waals surface area contributed by atoms with Gasteiger partial charge in [-0.05, 0) is 12.3 Å². The van der Waals surface area contributed by atoms with E-state index < -0.39 is 19.5 Å².